The number of nitrogens with zero attached hydrogens (tertiary/aromatic N) is 3. The maximum absolute atomic E-state index is 13.9. The van der Waals surface area contributed by atoms with Gasteiger partial charge in [-0.15, -0.1) is 0 Å². The number of amides is 3. The first kappa shape index (κ1) is 28.7. The van der Waals surface area contributed by atoms with Crippen molar-refractivity contribution in [1.29, 1.82) is 0 Å². The predicted octanol–water partition coefficient (Wildman–Crippen LogP) is -2.39. The Labute approximate surface area is 229 Å². The van der Waals surface area contributed by atoms with Gasteiger partial charge in [0.1, 0.15) is 24.4 Å². The summed E-state index contributed by atoms with van der Waals surface area (Å²) in [5, 5.41) is 26.6. The number of fused-ring (bicyclic) bond motifs is 6. The summed E-state index contributed by atoms with van der Waals surface area (Å²) < 4.78 is 31.9. The van der Waals surface area contributed by atoms with Crippen molar-refractivity contribution in [2.75, 3.05) is 45.5 Å². The zero-order chi connectivity index (χ0) is 27.9. The number of nitrogens with one attached hydrogen (secondary N) is 2. The molecular weight excluding hydrogens is 530 g/mol. The first-order valence-corrected chi connectivity index (χ1v) is 15.9. The van der Waals surface area contributed by atoms with E-state index in [4.69, 9.17) is 4.74 Å². The highest BCUT2D eigenvalue weighted by Gasteiger charge is 2.47. The van der Waals surface area contributed by atoms with E-state index in [2.05, 4.69) is 15.5 Å². The summed E-state index contributed by atoms with van der Waals surface area (Å²) in [4.78, 5) is 43.8. The molecule has 5 fully saturated rings. The highest BCUT2D eigenvalue weighted by atomic mass is 32.2. The van der Waals surface area contributed by atoms with Crippen LogP contribution >= 0.6 is 0 Å². The molecule has 1 aliphatic carbocycles. The van der Waals surface area contributed by atoms with Crippen LogP contribution in [0.4, 0.5) is 0 Å². The number of hydrogen-bond donors (Lipinski definition) is 4. The van der Waals surface area contributed by atoms with Gasteiger partial charge in [0.25, 0.3) is 0 Å². The molecule has 0 aromatic rings. The van der Waals surface area contributed by atoms with E-state index >= 15 is 0 Å². The molecule has 13 nitrogen and oxygen atoms in total. The van der Waals surface area contributed by atoms with Gasteiger partial charge in [0.2, 0.25) is 27.7 Å². The first-order valence-electron chi connectivity index (χ1n) is 14.1. The molecule has 3 amide bonds. The van der Waals surface area contributed by atoms with Gasteiger partial charge in [0.05, 0.1) is 24.8 Å². The van der Waals surface area contributed by atoms with E-state index in [-0.39, 0.29) is 50.5 Å². The van der Waals surface area contributed by atoms with E-state index in [1.165, 1.54) is 6.42 Å². The smallest absolute Gasteiger partial charge is 0.240 e. The Balaban J connectivity index is 1.42. The Morgan fingerprint density at radius 1 is 0.974 bits per heavy atom. The van der Waals surface area contributed by atoms with Crippen LogP contribution in [0.1, 0.15) is 44.9 Å². The molecule has 220 valence electrons. The molecule has 14 heteroatoms. The van der Waals surface area contributed by atoms with Crippen LogP contribution in [0.25, 0.3) is 0 Å². The fourth-order valence-corrected chi connectivity index (χ4v) is 7.95. The number of carbonyl (C=O) groups is 3. The van der Waals surface area contributed by atoms with Gasteiger partial charge in [0.15, 0.2) is 0 Å². The molecule has 4 aliphatic heterocycles. The topological polar surface area (TPSA) is 169 Å². The van der Waals surface area contributed by atoms with Gasteiger partial charge in [-0.05, 0) is 25.2 Å². The molecule has 0 unspecified atom stereocenters. The lowest BCUT2D eigenvalue weighted by Crippen LogP contribution is -2.63. The summed E-state index contributed by atoms with van der Waals surface area (Å²) in [6.45, 7) is 1.12. The number of aliphatic hydroxyl groups excluding tert-OH is 2. The molecule has 0 aromatic heterocycles. The standard InChI is InChI=1S/C25H41N5O8S/c1-39(36,37)30-8-7-28-14-18(30)24(34)26-11-20-23(33)22(32)19(38-20)10-21(31)27-16-9-17(25(28)35)29(13-16)12-15-5-3-2-4-6-15/h15-20,22-23,32-33H,2-14H2,1H3,(H,26,34)(H,27,31)/t16-,17-,18-,19-,20+,22-,23+/m0/s1. The molecule has 5 aliphatic rings. The number of piperazine rings is 1. The van der Waals surface area contributed by atoms with Gasteiger partial charge in [0, 0.05) is 45.3 Å². The third-order valence-electron chi connectivity index (χ3n) is 8.97. The lowest BCUT2D eigenvalue weighted by molar-refractivity contribution is -0.140. The minimum atomic E-state index is -3.74. The Morgan fingerprint density at radius 3 is 2.41 bits per heavy atom. The molecule has 1 saturated carbocycles. The zero-order valence-electron chi connectivity index (χ0n) is 22.4. The summed E-state index contributed by atoms with van der Waals surface area (Å²) in [6.07, 6.45) is 2.46. The average molecular weight is 572 g/mol. The van der Waals surface area contributed by atoms with Crippen molar-refractivity contribution in [1.82, 2.24) is 24.7 Å². The summed E-state index contributed by atoms with van der Waals surface area (Å²) in [5.74, 6) is -0.631. The molecule has 5 rings (SSSR count). The Hall–Kier alpha value is -1.84. The highest BCUT2D eigenvalue weighted by Crippen LogP contribution is 2.30. The molecule has 4 N–H and O–H groups in total. The number of aliphatic hydroxyl groups is 2. The van der Waals surface area contributed by atoms with Gasteiger partial charge in [-0.3, -0.25) is 19.3 Å². The van der Waals surface area contributed by atoms with Gasteiger partial charge in [-0.25, -0.2) is 8.42 Å². The number of hydrogen-bond acceptors (Lipinski definition) is 9. The fraction of sp³-hybridized carbons (Fsp3) is 0.880. The summed E-state index contributed by atoms with van der Waals surface area (Å²) in [7, 11) is -3.74. The number of sulfonamides is 1. The van der Waals surface area contributed by atoms with E-state index in [9.17, 15) is 33.0 Å². The fourth-order valence-electron chi connectivity index (χ4n) is 6.91. The maximum Gasteiger partial charge on any atom is 0.240 e. The van der Waals surface area contributed by atoms with Crippen LogP contribution in [-0.2, 0) is 29.1 Å². The molecule has 0 radical (unpaired) electrons. The quantitative estimate of drug-likeness (QED) is 0.289. The molecule has 6 bridgehead atoms. The second-order valence-electron chi connectivity index (χ2n) is 11.8. The second kappa shape index (κ2) is 11.6. The zero-order valence-corrected chi connectivity index (χ0v) is 23.2. The Morgan fingerprint density at radius 2 is 1.69 bits per heavy atom. The third-order valence-corrected chi connectivity index (χ3v) is 10.3. The van der Waals surface area contributed by atoms with Crippen LogP contribution in [-0.4, -0.2) is 139 Å². The van der Waals surface area contributed by atoms with Crippen molar-refractivity contribution < 1.29 is 37.8 Å². The van der Waals surface area contributed by atoms with E-state index in [1.54, 1.807) is 4.90 Å². The molecule has 7 atom stereocenters. The van der Waals surface area contributed by atoms with E-state index in [1.807, 2.05) is 0 Å². The van der Waals surface area contributed by atoms with Crippen molar-refractivity contribution in [3.63, 3.8) is 0 Å². The van der Waals surface area contributed by atoms with Gasteiger partial charge < -0.3 is 30.5 Å². The van der Waals surface area contributed by atoms with E-state index < -0.39 is 52.4 Å². The number of carbonyl (C=O) groups excluding carboxylic acids is 3. The lowest BCUT2D eigenvalue weighted by atomic mass is 9.89. The monoisotopic (exact) mass is 571 g/mol. The summed E-state index contributed by atoms with van der Waals surface area (Å²) >= 11 is 0. The molecule has 4 heterocycles. The molecule has 39 heavy (non-hydrogen) atoms. The minimum absolute atomic E-state index is 0.0124. The minimum Gasteiger partial charge on any atom is -0.388 e. The molecule has 0 aromatic carbocycles. The normalized spacial score (nSPS) is 38.1. The summed E-state index contributed by atoms with van der Waals surface area (Å²) in [5.41, 5.74) is 0. The van der Waals surface area contributed by atoms with Crippen LogP contribution < -0.4 is 10.6 Å². The van der Waals surface area contributed by atoms with Gasteiger partial charge >= 0.3 is 0 Å². The van der Waals surface area contributed by atoms with Crippen molar-refractivity contribution in [2.45, 2.75) is 87.5 Å². The van der Waals surface area contributed by atoms with Crippen molar-refractivity contribution in [2.24, 2.45) is 5.92 Å². The molecule has 4 saturated heterocycles. The van der Waals surface area contributed by atoms with Crippen LogP contribution in [0.3, 0.4) is 0 Å². The van der Waals surface area contributed by atoms with E-state index in [0.29, 0.717) is 18.9 Å². The van der Waals surface area contributed by atoms with Gasteiger partial charge in [-0.1, -0.05) is 19.3 Å². The van der Waals surface area contributed by atoms with Crippen molar-refractivity contribution in [3.8, 4) is 0 Å². The van der Waals surface area contributed by atoms with Crippen LogP contribution in [0.2, 0.25) is 0 Å². The number of ether oxygens (including phenoxy) is 1. The number of rotatable bonds is 3. The average Bonchev–Trinajstić information content (AvgIpc) is 3.41. The lowest BCUT2D eigenvalue weighted by Gasteiger charge is -2.41. The SMILES string of the molecule is CS(=O)(=O)N1CCN2C[C@H]1C(=O)NC[C@H]1O[C@@H](CC(=O)N[C@H]3C[C@@H](C2=O)N(CC2CCCCC2)C3)[C@H](O)[C@@H]1O. The molecular formula is C25H41N5O8S. The predicted molar refractivity (Wildman–Crippen MR) is 139 cm³/mol. The van der Waals surface area contributed by atoms with Crippen LogP contribution in [0.15, 0.2) is 0 Å². The summed E-state index contributed by atoms with van der Waals surface area (Å²) in [6, 6.07) is -1.90. The largest absolute Gasteiger partial charge is 0.388 e. The first-order chi connectivity index (χ1) is 18.5. The Kier molecular flexibility index (Phi) is 8.51. The second-order valence-corrected chi connectivity index (χ2v) is 13.7. The number of likely N-dealkylation sites (tertiary alicyclic amines) is 1. The Bertz CT molecular complexity index is 1050. The van der Waals surface area contributed by atoms with Crippen LogP contribution in [0, 0.1) is 5.92 Å². The third kappa shape index (κ3) is 6.25. The van der Waals surface area contributed by atoms with Crippen molar-refractivity contribution >= 4 is 27.7 Å². The van der Waals surface area contributed by atoms with Crippen LogP contribution in [0.5, 0.6) is 0 Å². The maximum atomic E-state index is 13.9. The van der Waals surface area contributed by atoms with Crippen molar-refractivity contribution in [3.05, 3.63) is 0 Å². The highest BCUT2D eigenvalue weighted by molar-refractivity contribution is 7.88. The van der Waals surface area contributed by atoms with E-state index in [0.717, 1.165) is 42.8 Å². The van der Waals surface area contributed by atoms with Gasteiger partial charge in [-0.2, -0.15) is 4.31 Å². The molecule has 0 spiro atoms.